The van der Waals surface area contributed by atoms with Gasteiger partial charge in [-0.3, -0.25) is 0 Å². The molecule has 242 valence electrons. The molecule has 0 amide bonds. The molecule has 0 bridgehead atoms. The highest BCUT2D eigenvalue weighted by Gasteiger charge is 2.13. The molecule has 0 spiro atoms. The largest absolute Gasteiger partial charge is 0.311 e. The number of aryl methyl sites for hydroxylation is 2. The molecule has 0 heterocycles. The number of hydrogen-bond acceptors (Lipinski definition) is 3. The van der Waals surface area contributed by atoms with Crippen LogP contribution in [0.5, 0.6) is 0 Å². The van der Waals surface area contributed by atoms with Gasteiger partial charge < -0.3 is 4.90 Å². The van der Waals surface area contributed by atoms with E-state index in [1.165, 1.54) is 27.8 Å². The van der Waals surface area contributed by atoms with E-state index < -0.39 is 0 Å². The Morgan fingerprint density at radius 2 is 0.780 bits per heavy atom. The Morgan fingerprint density at radius 1 is 0.400 bits per heavy atom. The molecule has 0 N–H and O–H groups in total. The topological polar surface area (TPSA) is 18.8 Å². The van der Waals surface area contributed by atoms with E-state index in [1.54, 1.807) is 0 Å². The number of nitrogens with zero attached hydrogens (tertiary/aromatic N) is 3. The van der Waals surface area contributed by atoms with Gasteiger partial charge in [0, 0.05) is 17.1 Å². The zero-order valence-corrected chi connectivity index (χ0v) is 28.4. The third kappa shape index (κ3) is 7.64. The first kappa shape index (κ1) is 32.1. The van der Waals surface area contributed by atoms with Gasteiger partial charge in [0.2, 0.25) is 0 Å². The fraction of sp³-hybridized carbons (Fsp3) is 0.0426. The summed E-state index contributed by atoms with van der Waals surface area (Å²) in [6.07, 6.45) is 4.20. The Balaban J connectivity index is 1.19. The van der Waals surface area contributed by atoms with Gasteiger partial charge >= 0.3 is 0 Å². The van der Waals surface area contributed by atoms with E-state index in [-0.39, 0.29) is 0 Å². The molecule has 3 nitrogen and oxygen atoms in total. The average Bonchev–Trinajstić information content (AvgIpc) is 3.17. The van der Waals surface area contributed by atoms with Crippen LogP contribution in [0, 0.1) is 13.8 Å². The first-order chi connectivity index (χ1) is 24.6. The molecule has 0 saturated heterocycles. The van der Waals surface area contributed by atoms with Crippen molar-refractivity contribution in [3.05, 3.63) is 221 Å². The second kappa shape index (κ2) is 15.2. The number of para-hydroxylation sites is 3. The minimum atomic E-state index is 1.00. The Labute approximate surface area is 295 Å². The van der Waals surface area contributed by atoms with Gasteiger partial charge in [-0.15, -0.1) is 0 Å². The molecule has 0 aliphatic heterocycles. The second-order valence-corrected chi connectivity index (χ2v) is 12.4. The van der Waals surface area contributed by atoms with Crippen LogP contribution >= 0.6 is 0 Å². The standard InChI is InChI=1S/C47H39N3/c1-36-18-26-40(27-19-36)47(41-28-20-37(2)21-29-41)34-38-22-30-43(31-23-38)49(42-12-6-3-7-13-42)44-32-24-39(25-33-44)35-48-50(45-14-8-4-9-15-45)46-16-10-5-11-17-46/h3-35H,1-2H3. The van der Waals surface area contributed by atoms with Crippen LogP contribution in [0.1, 0.15) is 33.4 Å². The predicted molar refractivity (Wildman–Crippen MR) is 213 cm³/mol. The van der Waals surface area contributed by atoms with Crippen LogP contribution in [0.4, 0.5) is 28.4 Å². The Hall–Kier alpha value is -6.45. The van der Waals surface area contributed by atoms with E-state index in [1.807, 2.05) is 47.6 Å². The molecule has 7 aromatic rings. The van der Waals surface area contributed by atoms with Gasteiger partial charge in [-0.05, 0) is 108 Å². The van der Waals surface area contributed by atoms with Crippen LogP contribution in [0.25, 0.3) is 11.6 Å². The molecule has 7 aromatic carbocycles. The maximum atomic E-state index is 4.90. The third-order valence-electron chi connectivity index (χ3n) is 8.68. The summed E-state index contributed by atoms with van der Waals surface area (Å²) in [5, 5.41) is 6.86. The molecule has 0 saturated carbocycles. The van der Waals surface area contributed by atoms with Crippen molar-refractivity contribution in [3.63, 3.8) is 0 Å². The molecule has 0 aliphatic rings. The quantitative estimate of drug-likeness (QED) is 0.0837. The summed E-state index contributed by atoms with van der Waals surface area (Å²) in [7, 11) is 0. The fourth-order valence-electron chi connectivity index (χ4n) is 5.96. The SMILES string of the molecule is Cc1ccc(C(=Cc2ccc(N(c3ccccc3)c3ccc(C=NN(c4ccccc4)c4ccccc4)cc3)cc2)c2ccc(C)cc2)cc1. The van der Waals surface area contributed by atoms with Crippen LogP contribution in [0.15, 0.2) is 193 Å². The van der Waals surface area contributed by atoms with Gasteiger partial charge in [-0.2, -0.15) is 5.10 Å². The third-order valence-corrected chi connectivity index (χ3v) is 8.68. The van der Waals surface area contributed by atoms with Gasteiger partial charge in [0.05, 0.1) is 17.6 Å². The Bertz CT molecular complexity index is 2080. The molecule has 0 aromatic heterocycles. The molecule has 0 aliphatic carbocycles. The molecular formula is C47H39N3. The lowest BCUT2D eigenvalue weighted by molar-refractivity contribution is 1.09. The predicted octanol–water partition coefficient (Wildman–Crippen LogP) is 12.5. The average molecular weight is 646 g/mol. The molecule has 0 fully saturated rings. The number of hydrazone groups is 1. The summed E-state index contributed by atoms with van der Waals surface area (Å²) in [5.74, 6) is 0. The molecule has 50 heavy (non-hydrogen) atoms. The van der Waals surface area contributed by atoms with E-state index in [0.717, 1.165) is 39.6 Å². The summed E-state index contributed by atoms with van der Waals surface area (Å²) in [5.41, 5.74) is 13.5. The minimum Gasteiger partial charge on any atom is -0.311 e. The van der Waals surface area contributed by atoms with Gasteiger partial charge in [0.1, 0.15) is 0 Å². The molecule has 0 atom stereocenters. The summed E-state index contributed by atoms with van der Waals surface area (Å²) >= 11 is 0. The van der Waals surface area contributed by atoms with Crippen molar-refractivity contribution in [2.24, 2.45) is 5.10 Å². The van der Waals surface area contributed by atoms with Crippen molar-refractivity contribution < 1.29 is 0 Å². The highest BCUT2D eigenvalue weighted by molar-refractivity contribution is 5.92. The molecule has 3 heteroatoms. The van der Waals surface area contributed by atoms with Crippen molar-refractivity contribution in [2.45, 2.75) is 13.8 Å². The normalized spacial score (nSPS) is 10.9. The van der Waals surface area contributed by atoms with Crippen LogP contribution in [0.2, 0.25) is 0 Å². The van der Waals surface area contributed by atoms with Crippen LogP contribution in [-0.4, -0.2) is 6.21 Å². The number of rotatable bonds is 10. The van der Waals surface area contributed by atoms with Crippen molar-refractivity contribution in [3.8, 4) is 0 Å². The van der Waals surface area contributed by atoms with Crippen molar-refractivity contribution in [2.75, 3.05) is 9.91 Å². The number of anilines is 5. The highest BCUT2D eigenvalue weighted by atomic mass is 15.5. The Kier molecular flexibility index (Phi) is 9.75. The molecule has 0 unspecified atom stereocenters. The van der Waals surface area contributed by atoms with Crippen LogP contribution in [0.3, 0.4) is 0 Å². The van der Waals surface area contributed by atoms with E-state index in [9.17, 15) is 0 Å². The van der Waals surface area contributed by atoms with Gasteiger partial charge in [0.15, 0.2) is 0 Å². The van der Waals surface area contributed by atoms with E-state index in [4.69, 9.17) is 5.10 Å². The monoisotopic (exact) mass is 645 g/mol. The van der Waals surface area contributed by atoms with E-state index in [0.29, 0.717) is 0 Å². The van der Waals surface area contributed by atoms with Crippen LogP contribution < -0.4 is 9.91 Å². The lowest BCUT2D eigenvalue weighted by Gasteiger charge is -2.25. The molecule has 7 rings (SSSR count). The molecule has 0 radical (unpaired) electrons. The summed E-state index contributed by atoms with van der Waals surface area (Å²) in [6, 6.07) is 65.9. The summed E-state index contributed by atoms with van der Waals surface area (Å²) in [4.78, 5) is 2.29. The highest BCUT2D eigenvalue weighted by Crippen LogP contribution is 2.35. The smallest absolute Gasteiger partial charge is 0.0652 e. The number of hydrogen-bond donors (Lipinski definition) is 0. The maximum absolute atomic E-state index is 4.90. The van der Waals surface area contributed by atoms with E-state index in [2.05, 4.69) is 176 Å². The Morgan fingerprint density at radius 3 is 1.22 bits per heavy atom. The zero-order chi connectivity index (χ0) is 34.1. The summed E-state index contributed by atoms with van der Waals surface area (Å²) in [6.45, 7) is 4.26. The minimum absolute atomic E-state index is 1.00. The first-order valence-corrected chi connectivity index (χ1v) is 17.0. The maximum Gasteiger partial charge on any atom is 0.0652 e. The lowest BCUT2D eigenvalue weighted by atomic mass is 9.94. The van der Waals surface area contributed by atoms with Gasteiger partial charge in [0.25, 0.3) is 0 Å². The van der Waals surface area contributed by atoms with Gasteiger partial charge in [-0.1, -0.05) is 139 Å². The second-order valence-electron chi connectivity index (χ2n) is 12.4. The van der Waals surface area contributed by atoms with E-state index >= 15 is 0 Å². The number of benzene rings is 7. The summed E-state index contributed by atoms with van der Waals surface area (Å²) < 4.78 is 0. The molecular weight excluding hydrogens is 607 g/mol. The van der Waals surface area contributed by atoms with Gasteiger partial charge in [-0.25, -0.2) is 5.01 Å². The zero-order valence-electron chi connectivity index (χ0n) is 28.4. The lowest BCUT2D eigenvalue weighted by Crippen LogP contribution is -2.10. The van der Waals surface area contributed by atoms with Crippen LogP contribution in [-0.2, 0) is 0 Å². The van der Waals surface area contributed by atoms with Crippen molar-refractivity contribution in [1.29, 1.82) is 0 Å². The van der Waals surface area contributed by atoms with Crippen molar-refractivity contribution in [1.82, 2.24) is 0 Å². The van der Waals surface area contributed by atoms with Crippen molar-refractivity contribution >= 4 is 46.3 Å². The fourth-order valence-corrected chi connectivity index (χ4v) is 5.96. The first-order valence-electron chi connectivity index (χ1n) is 17.0.